The first-order valence-corrected chi connectivity index (χ1v) is 1.46. The number of quaternary nitrogens is 1. The van der Waals surface area contributed by atoms with Gasteiger partial charge in [0.1, 0.15) is 0 Å². The Balaban J connectivity index is 0. The van der Waals surface area contributed by atoms with Crippen LogP contribution in [0.1, 0.15) is 0 Å². The standard InChI is InChI=1S/CH6N2.NO3/c1-3-2;2-1(3)4/h3H,2H2,1H3;/q;-1/p+1. The molecule has 0 aliphatic rings. The Morgan fingerprint density at radius 1 is 1.71 bits per heavy atom. The van der Waals surface area contributed by atoms with Crippen LogP contribution < -0.4 is 11.3 Å². The molecule has 0 amide bonds. The van der Waals surface area contributed by atoms with E-state index in [1.165, 1.54) is 5.43 Å². The lowest BCUT2D eigenvalue weighted by atomic mass is 11.5. The molecule has 0 aliphatic carbocycles. The Labute approximate surface area is 40.0 Å². The lowest BCUT2D eigenvalue weighted by Gasteiger charge is -1.74. The number of nitrogens with two attached hydrogens (primary N) is 2. The zero-order chi connectivity index (χ0) is 6.28. The fourth-order valence-electron chi connectivity index (χ4n) is 0. The molecule has 6 heteroatoms. The number of hydrogen-bond donors (Lipinski definition) is 2. The summed E-state index contributed by atoms with van der Waals surface area (Å²) in [7, 11) is 1.78. The van der Waals surface area contributed by atoms with E-state index in [4.69, 9.17) is 21.2 Å². The molecule has 4 N–H and O–H groups in total. The van der Waals surface area contributed by atoms with Gasteiger partial charge in [-0.15, -0.1) is 0 Å². The first kappa shape index (κ1) is 9.45. The van der Waals surface area contributed by atoms with Gasteiger partial charge in [-0.3, -0.25) is 5.43 Å². The van der Waals surface area contributed by atoms with Gasteiger partial charge in [-0.05, 0) is 0 Å². The largest absolute Gasteiger partial charge is 0.356 e. The summed E-state index contributed by atoms with van der Waals surface area (Å²) >= 11 is 0. The van der Waals surface area contributed by atoms with Gasteiger partial charge in [0.05, 0.1) is 12.1 Å². The molecule has 0 unspecified atom stereocenters. The van der Waals surface area contributed by atoms with Gasteiger partial charge < -0.3 is 15.3 Å². The Bertz CT molecular complexity index is 41.4. The summed E-state index contributed by atoms with van der Waals surface area (Å²) < 4.78 is 0. The molecule has 6 nitrogen and oxygen atoms in total. The second-order valence-corrected chi connectivity index (χ2v) is 0.557. The smallest absolute Gasteiger partial charge is 0.0823 e. The van der Waals surface area contributed by atoms with Crippen LogP contribution in [0.4, 0.5) is 0 Å². The molecular weight excluding hydrogens is 102 g/mol. The number of rotatable bonds is 0. The van der Waals surface area contributed by atoms with Crippen molar-refractivity contribution in [1.29, 1.82) is 0 Å². The van der Waals surface area contributed by atoms with E-state index in [2.05, 4.69) is 0 Å². The van der Waals surface area contributed by atoms with E-state index in [-0.39, 0.29) is 0 Å². The fourth-order valence-corrected chi connectivity index (χ4v) is 0. The van der Waals surface area contributed by atoms with E-state index in [9.17, 15) is 0 Å². The maximum atomic E-state index is 8.25. The fraction of sp³-hybridized carbons (Fsp3) is 1.00. The molecule has 0 saturated heterocycles. The van der Waals surface area contributed by atoms with Crippen LogP contribution in [0, 0.1) is 15.3 Å². The molecule has 44 valence electrons. The van der Waals surface area contributed by atoms with Gasteiger partial charge in [-0.25, -0.2) is 0 Å². The third kappa shape index (κ3) is 64.4. The molecule has 0 spiro atoms. The van der Waals surface area contributed by atoms with E-state index in [0.717, 1.165) is 0 Å². The summed E-state index contributed by atoms with van der Waals surface area (Å²) in [5, 5.41) is 14.8. The first-order chi connectivity index (χ1) is 3.15. The Morgan fingerprint density at radius 3 is 1.71 bits per heavy atom. The van der Waals surface area contributed by atoms with Crippen LogP contribution in [-0.4, -0.2) is 12.1 Å². The maximum absolute atomic E-state index is 8.25. The van der Waals surface area contributed by atoms with Crippen molar-refractivity contribution in [2.45, 2.75) is 0 Å². The van der Waals surface area contributed by atoms with Crippen molar-refractivity contribution in [3.8, 4) is 0 Å². The highest BCUT2D eigenvalue weighted by molar-refractivity contribution is 4.03. The average Bonchev–Trinajstić information content (AvgIpc) is 1.33. The molecule has 0 saturated carbocycles. The summed E-state index contributed by atoms with van der Waals surface area (Å²) in [5.74, 6) is 4.72. The van der Waals surface area contributed by atoms with Crippen molar-refractivity contribution in [2.24, 2.45) is 5.84 Å². The molecule has 7 heavy (non-hydrogen) atoms. The van der Waals surface area contributed by atoms with Crippen molar-refractivity contribution in [1.82, 2.24) is 0 Å². The Kier molecular flexibility index (Phi) is 12.1. The summed E-state index contributed by atoms with van der Waals surface area (Å²) in [6, 6.07) is 0. The van der Waals surface area contributed by atoms with Crippen molar-refractivity contribution in [3.63, 3.8) is 0 Å². The molecule has 0 aliphatic heterocycles. The quantitative estimate of drug-likeness (QED) is 0.209. The molecule has 0 fully saturated rings. The predicted octanol–water partition coefficient (Wildman–Crippen LogP) is -2.19. The summed E-state index contributed by atoms with van der Waals surface area (Å²) in [6.07, 6.45) is 0. The number of hydrogen-bond acceptors (Lipinski definition) is 4. The maximum Gasteiger partial charge on any atom is 0.0823 e. The van der Waals surface area contributed by atoms with Crippen LogP contribution in [0.15, 0.2) is 0 Å². The van der Waals surface area contributed by atoms with Gasteiger partial charge in [0.15, 0.2) is 0 Å². The lowest BCUT2D eigenvalue weighted by Crippen LogP contribution is -2.87. The van der Waals surface area contributed by atoms with Crippen LogP contribution >= 0.6 is 0 Å². The van der Waals surface area contributed by atoms with Crippen LogP contribution in [0.2, 0.25) is 0 Å². The van der Waals surface area contributed by atoms with E-state index < -0.39 is 5.09 Å². The Morgan fingerprint density at radius 2 is 1.71 bits per heavy atom. The summed E-state index contributed by atoms with van der Waals surface area (Å²) in [6.45, 7) is 0. The molecule has 0 rings (SSSR count). The van der Waals surface area contributed by atoms with Crippen LogP contribution in [0.5, 0.6) is 0 Å². The highest BCUT2D eigenvalue weighted by Gasteiger charge is 1.45. The summed E-state index contributed by atoms with van der Waals surface area (Å²) in [5.41, 5.74) is 1.50. The minimum absolute atomic E-state index is 1.50. The van der Waals surface area contributed by atoms with Crippen molar-refractivity contribution in [3.05, 3.63) is 15.3 Å². The lowest BCUT2D eigenvalue weighted by molar-refractivity contribution is -0.639. The van der Waals surface area contributed by atoms with Crippen LogP contribution in [0.3, 0.4) is 0 Å². The first-order valence-electron chi connectivity index (χ1n) is 1.46. The second kappa shape index (κ2) is 8.93. The molecular formula is CH7N3O3. The molecule has 0 radical (unpaired) electrons. The van der Waals surface area contributed by atoms with Gasteiger partial charge in [0.25, 0.3) is 0 Å². The minimum Gasteiger partial charge on any atom is -0.356 e. The van der Waals surface area contributed by atoms with E-state index >= 15 is 0 Å². The van der Waals surface area contributed by atoms with Gasteiger partial charge in [-0.2, -0.15) is 5.84 Å². The van der Waals surface area contributed by atoms with Crippen molar-refractivity contribution < 1.29 is 10.5 Å². The normalized spacial score (nSPS) is 6.00. The number of nitrogens with zero attached hydrogens (tertiary/aromatic N) is 1. The van der Waals surface area contributed by atoms with E-state index in [1.54, 1.807) is 7.05 Å². The predicted molar refractivity (Wildman–Crippen MR) is 22.4 cm³/mol. The molecule has 0 aromatic rings. The molecule has 0 aromatic carbocycles. The van der Waals surface area contributed by atoms with Gasteiger partial charge >= 0.3 is 0 Å². The molecule has 0 heterocycles. The van der Waals surface area contributed by atoms with Crippen molar-refractivity contribution in [2.75, 3.05) is 7.05 Å². The Hall–Kier alpha value is -0.880. The van der Waals surface area contributed by atoms with E-state index in [0.29, 0.717) is 0 Å². The van der Waals surface area contributed by atoms with Gasteiger partial charge in [0.2, 0.25) is 0 Å². The molecule has 0 bridgehead atoms. The highest BCUT2D eigenvalue weighted by atomic mass is 16.9. The van der Waals surface area contributed by atoms with E-state index in [1.807, 2.05) is 0 Å². The molecule has 0 atom stereocenters. The third-order valence-electron chi connectivity index (χ3n) is 0. The molecule has 0 aromatic heterocycles. The van der Waals surface area contributed by atoms with Crippen LogP contribution in [0.25, 0.3) is 0 Å². The topological polar surface area (TPSA) is 109 Å². The summed E-state index contributed by atoms with van der Waals surface area (Å²) in [4.78, 5) is 8.25. The van der Waals surface area contributed by atoms with Crippen LogP contribution in [-0.2, 0) is 0 Å². The SMILES string of the molecule is C[NH2+]N.O=[N+]([O-])[O-]. The average molecular weight is 109 g/mol. The monoisotopic (exact) mass is 109 g/mol. The van der Waals surface area contributed by atoms with Gasteiger partial charge in [-0.1, -0.05) is 0 Å². The highest BCUT2D eigenvalue weighted by Crippen LogP contribution is 1.44. The second-order valence-electron chi connectivity index (χ2n) is 0.557. The zero-order valence-electron chi connectivity index (χ0n) is 3.83. The zero-order valence-corrected chi connectivity index (χ0v) is 3.83. The van der Waals surface area contributed by atoms with Gasteiger partial charge in [0, 0.05) is 0 Å². The third-order valence-corrected chi connectivity index (χ3v) is 0. The van der Waals surface area contributed by atoms with Crippen molar-refractivity contribution >= 4 is 0 Å². The minimum atomic E-state index is -1.75.